The summed E-state index contributed by atoms with van der Waals surface area (Å²) in [4.78, 5) is 0. The molecule has 90 valence electrons. The Morgan fingerprint density at radius 2 is 1.65 bits per heavy atom. The quantitative estimate of drug-likeness (QED) is 0.417. The largest absolute Gasteiger partial charge is 0.237 e. The van der Waals surface area contributed by atoms with Crippen LogP contribution in [0.4, 0.5) is 0 Å². The third-order valence-corrected chi connectivity index (χ3v) is 5.15. The van der Waals surface area contributed by atoms with Gasteiger partial charge in [0.15, 0.2) is 0 Å². The van der Waals surface area contributed by atoms with Crippen LogP contribution in [0.1, 0.15) is 18.4 Å². The first-order valence-corrected chi connectivity index (χ1v) is 10.3. The molecule has 0 atom stereocenters. The van der Waals surface area contributed by atoms with Crippen LogP contribution in [0.15, 0.2) is 42.5 Å². The summed E-state index contributed by atoms with van der Waals surface area (Å²) in [5.74, 6) is 0. The normalized spacial score (nSPS) is 11.2. The van der Waals surface area contributed by atoms with Gasteiger partial charge < -0.3 is 0 Å². The van der Waals surface area contributed by atoms with E-state index in [2.05, 4.69) is 42.5 Å². The maximum Gasteiger partial charge on any atom is 0.237 e. The van der Waals surface area contributed by atoms with Crippen LogP contribution in [0.5, 0.6) is 0 Å². The molecule has 0 saturated heterocycles. The second-order valence-corrected chi connectivity index (χ2v) is 9.47. The molecule has 0 aromatic heterocycles. The SMILES string of the molecule is Cl[SiH](Cl)CCCCc1cccc2ccccc12. The number of hydrogen-bond donors (Lipinski definition) is 0. The van der Waals surface area contributed by atoms with Gasteiger partial charge in [-0.05, 0) is 35.2 Å². The van der Waals surface area contributed by atoms with Crippen LogP contribution in [0, 0.1) is 0 Å². The summed E-state index contributed by atoms with van der Waals surface area (Å²) >= 11 is 11.7. The maximum atomic E-state index is 5.86. The predicted molar refractivity (Wildman–Crippen MR) is 80.5 cm³/mol. The lowest BCUT2D eigenvalue weighted by atomic mass is 10.0. The van der Waals surface area contributed by atoms with Crippen LogP contribution in [0.2, 0.25) is 6.04 Å². The van der Waals surface area contributed by atoms with Gasteiger partial charge in [-0.25, -0.2) is 0 Å². The minimum absolute atomic E-state index is 1.02. The number of benzene rings is 2. The predicted octanol–water partition coefficient (Wildman–Crippen LogP) is 4.86. The molecule has 0 N–H and O–H groups in total. The fourth-order valence-corrected chi connectivity index (χ4v) is 3.65. The van der Waals surface area contributed by atoms with Gasteiger partial charge in [-0.2, -0.15) is 22.2 Å². The van der Waals surface area contributed by atoms with E-state index in [-0.39, 0.29) is 0 Å². The molecule has 0 aliphatic rings. The number of unbranched alkanes of at least 4 members (excludes halogenated alkanes) is 1. The van der Waals surface area contributed by atoms with Crippen molar-refractivity contribution < 1.29 is 0 Å². The molecule has 2 aromatic carbocycles. The zero-order chi connectivity index (χ0) is 12.1. The Morgan fingerprint density at radius 3 is 2.47 bits per heavy atom. The molecule has 0 nitrogen and oxygen atoms in total. The van der Waals surface area contributed by atoms with Crippen LogP contribution in [0.25, 0.3) is 10.8 Å². The minimum atomic E-state index is -1.40. The lowest BCUT2D eigenvalue weighted by molar-refractivity contribution is 0.796. The Morgan fingerprint density at radius 1 is 0.882 bits per heavy atom. The topological polar surface area (TPSA) is 0 Å². The van der Waals surface area contributed by atoms with Gasteiger partial charge in [0, 0.05) is 0 Å². The van der Waals surface area contributed by atoms with E-state index in [9.17, 15) is 0 Å². The lowest BCUT2D eigenvalue weighted by Crippen LogP contribution is -1.93. The zero-order valence-electron chi connectivity index (χ0n) is 9.70. The third kappa shape index (κ3) is 3.73. The Kier molecular flexibility index (Phi) is 4.90. The molecule has 0 aliphatic carbocycles. The van der Waals surface area contributed by atoms with Gasteiger partial charge in [-0.3, -0.25) is 0 Å². The second-order valence-electron chi connectivity index (χ2n) is 4.28. The van der Waals surface area contributed by atoms with E-state index in [4.69, 9.17) is 22.2 Å². The molecule has 17 heavy (non-hydrogen) atoms. The van der Waals surface area contributed by atoms with Crippen LogP contribution in [-0.2, 0) is 6.42 Å². The van der Waals surface area contributed by atoms with Crippen molar-refractivity contribution in [2.24, 2.45) is 0 Å². The summed E-state index contributed by atoms with van der Waals surface area (Å²) in [6.07, 6.45) is 3.44. The summed E-state index contributed by atoms with van der Waals surface area (Å²) in [7, 11) is -1.40. The van der Waals surface area contributed by atoms with Gasteiger partial charge in [-0.15, -0.1) is 0 Å². The highest BCUT2D eigenvalue weighted by atomic mass is 35.7. The van der Waals surface area contributed by atoms with E-state index < -0.39 is 7.42 Å². The van der Waals surface area contributed by atoms with Gasteiger partial charge in [0.05, 0.1) is 0 Å². The summed E-state index contributed by atoms with van der Waals surface area (Å²) in [6, 6.07) is 16.1. The summed E-state index contributed by atoms with van der Waals surface area (Å²) < 4.78 is 0. The van der Waals surface area contributed by atoms with Crippen LogP contribution in [-0.4, -0.2) is 7.42 Å². The number of halogens is 2. The van der Waals surface area contributed by atoms with Crippen LogP contribution >= 0.6 is 22.2 Å². The highest BCUT2D eigenvalue weighted by molar-refractivity contribution is 7.33. The van der Waals surface area contributed by atoms with Crippen molar-refractivity contribution in [3.05, 3.63) is 48.0 Å². The first-order valence-electron chi connectivity index (χ1n) is 6.02. The first kappa shape index (κ1) is 12.9. The standard InChI is InChI=1S/C14H16Cl2Si/c15-17(16)11-4-3-7-13-9-5-8-12-6-1-2-10-14(12)13/h1-2,5-6,8-10,17H,3-4,7,11H2. The number of fused-ring (bicyclic) bond motifs is 1. The second kappa shape index (κ2) is 6.44. The molecular formula is C14H16Cl2Si. The highest BCUT2D eigenvalue weighted by Gasteiger charge is 2.03. The Labute approximate surface area is 114 Å². The first-order chi connectivity index (χ1) is 8.27. The molecule has 0 spiro atoms. The summed E-state index contributed by atoms with van der Waals surface area (Å²) in [5, 5.41) is 2.70. The molecule has 0 amide bonds. The minimum Gasteiger partial charge on any atom is -0.150 e. The summed E-state index contributed by atoms with van der Waals surface area (Å²) in [6.45, 7) is 0. The van der Waals surface area contributed by atoms with Gasteiger partial charge in [0.25, 0.3) is 0 Å². The van der Waals surface area contributed by atoms with Crippen molar-refractivity contribution >= 4 is 40.3 Å². The monoisotopic (exact) mass is 282 g/mol. The van der Waals surface area contributed by atoms with Crippen molar-refractivity contribution in [1.29, 1.82) is 0 Å². The van der Waals surface area contributed by atoms with Crippen LogP contribution < -0.4 is 0 Å². The van der Waals surface area contributed by atoms with Gasteiger partial charge >= 0.3 is 0 Å². The van der Waals surface area contributed by atoms with Crippen molar-refractivity contribution in [2.75, 3.05) is 0 Å². The van der Waals surface area contributed by atoms with E-state index in [1.54, 1.807) is 0 Å². The molecule has 2 rings (SSSR count). The molecule has 2 aromatic rings. The Bertz CT molecular complexity index is 477. The van der Waals surface area contributed by atoms with E-state index in [0.29, 0.717) is 0 Å². The molecule has 0 radical (unpaired) electrons. The summed E-state index contributed by atoms with van der Waals surface area (Å²) in [5.41, 5.74) is 1.44. The van der Waals surface area contributed by atoms with Gasteiger partial charge in [0.1, 0.15) is 0 Å². The van der Waals surface area contributed by atoms with E-state index >= 15 is 0 Å². The van der Waals surface area contributed by atoms with Gasteiger partial charge in [0.2, 0.25) is 7.42 Å². The molecule has 0 bridgehead atoms. The fourth-order valence-electron chi connectivity index (χ4n) is 2.12. The molecule has 0 heterocycles. The van der Waals surface area contributed by atoms with Crippen molar-refractivity contribution in [3.63, 3.8) is 0 Å². The fraction of sp³-hybridized carbons (Fsp3) is 0.286. The molecule has 0 unspecified atom stereocenters. The van der Waals surface area contributed by atoms with Crippen molar-refractivity contribution in [2.45, 2.75) is 25.3 Å². The number of hydrogen-bond acceptors (Lipinski definition) is 0. The third-order valence-electron chi connectivity index (χ3n) is 3.00. The van der Waals surface area contributed by atoms with E-state index in [1.165, 1.54) is 22.8 Å². The van der Waals surface area contributed by atoms with Crippen LogP contribution in [0.3, 0.4) is 0 Å². The van der Waals surface area contributed by atoms with Crippen molar-refractivity contribution in [3.8, 4) is 0 Å². The number of rotatable bonds is 5. The smallest absolute Gasteiger partial charge is 0.150 e. The molecule has 0 saturated carbocycles. The maximum absolute atomic E-state index is 5.86. The lowest BCUT2D eigenvalue weighted by Gasteiger charge is -2.06. The Balaban J connectivity index is 2.03. The average Bonchev–Trinajstić information content (AvgIpc) is 2.34. The van der Waals surface area contributed by atoms with Gasteiger partial charge in [-0.1, -0.05) is 48.9 Å². The zero-order valence-corrected chi connectivity index (χ0v) is 12.4. The van der Waals surface area contributed by atoms with E-state index in [0.717, 1.165) is 18.9 Å². The molecule has 3 heteroatoms. The number of aryl methyl sites for hydroxylation is 1. The Hall–Kier alpha value is -0.503. The molecule has 0 fully saturated rings. The highest BCUT2D eigenvalue weighted by Crippen LogP contribution is 2.21. The van der Waals surface area contributed by atoms with Crippen molar-refractivity contribution in [1.82, 2.24) is 0 Å². The molecule has 0 aliphatic heterocycles. The molecular weight excluding hydrogens is 267 g/mol. The van der Waals surface area contributed by atoms with E-state index in [1.807, 2.05) is 0 Å². The average molecular weight is 283 g/mol.